The molecule has 1 aliphatic rings. The quantitative estimate of drug-likeness (QED) is 0.892. The van der Waals surface area contributed by atoms with Gasteiger partial charge in [-0.1, -0.05) is 24.4 Å². The van der Waals surface area contributed by atoms with E-state index in [9.17, 15) is 9.18 Å². The van der Waals surface area contributed by atoms with E-state index in [0.29, 0.717) is 22.0 Å². The number of benzene rings is 1. The summed E-state index contributed by atoms with van der Waals surface area (Å²) in [6.45, 7) is 0. The summed E-state index contributed by atoms with van der Waals surface area (Å²) in [6, 6.07) is 6.81. The molecule has 1 saturated carbocycles. The Balaban J connectivity index is 1.77. The van der Waals surface area contributed by atoms with E-state index in [0.717, 1.165) is 30.4 Å². The number of hydrogen-bond donors (Lipinski definition) is 1. The molecule has 0 saturated heterocycles. The van der Waals surface area contributed by atoms with Gasteiger partial charge in [0.25, 0.3) is 12.2 Å². The van der Waals surface area contributed by atoms with Crippen LogP contribution in [0, 0.1) is 0 Å². The van der Waals surface area contributed by atoms with E-state index in [-0.39, 0.29) is 6.04 Å². The summed E-state index contributed by atoms with van der Waals surface area (Å²) in [6.07, 6.45) is 3.54. The molecular weight excluding hydrogens is 333 g/mol. The van der Waals surface area contributed by atoms with E-state index in [1.54, 1.807) is 24.3 Å². The first-order valence-corrected chi connectivity index (χ1v) is 8.30. The molecule has 1 amide bonds. The Labute approximate surface area is 144 Å². The molecule has 1 aromatic carbocycles. The highest BCUT2D eigenvalue weighted by Gasteiger charge is 2.25. The molecule has 1 fully saturated rings. The number of nitrogens with zero attached hydrogens (tertiary/aromatic N) is 2. The summed E-state index contributed by atoms with van der Waals surface area (Å²) >= 11 is 6.01. The number of ether oxygens (including phenoxy) is 1. The fraction of sp³-hybridized carbons (Fsp3) is 0.412. The minimum atomic E-state index is -1.86. The maximum Gasteiger partial charge on any atom is 0.277 e. The number of amides is 1. The number of nitrogens with one attached hydrogen (secondary N) is 1. The van der Waals surface area contributed by atoms with Gasteiger partial charge in [0.2, 0.25) is 0 Å². The van der Waals surface area contributed by atoms with Crippen LogP contribution < -0.4 is 10.1 Å². The number of carbonyl (C=O) groups excluding carboxylic acids is 1. The third kappa shape index (κ3) is 3.53. The summed E-state index contributed by atoms with van der Waals surface area (Å²) in [5, 5.41) is 7.43. The molecule has 1 N–H and O–H groups in total. The van der Waals surface area contributed by atoms with Crippen molar-refractivity contribution in [2.45, 2.75) is 38.0 Å². The van der Waals surface area contributed by atoms with Crippen molar-refractivity contribution in [1.82, 2.24) is 15.1 Å². The van der Waals surface area contributed by atoms with E-state index in [2.05, 4.69) is 10.4 Å². The van der Waals surface area contributed by atoms with Crippen molar-refractivity contribution in [3.05, 3.63) is 35.5 Å². The highest BCUT2D eigenvalue weighted by atomic mass is 35.5. The first kappa shape index (κ1) is 16.8. The first-order valence-electron chi connectivity index (χ1n) is 7.92. The highest BCUT2D eigenvalue weighted by Crippen LogP contribution is 2.31. The van der Waals surface area contributed by atoms with Gasteiger partial charge in [0.1, 0.15) is 5.75 Å². The van der Waals surface area contributed by atoms with Gasteiger partial charge in [-0.2, -0.15) is 5.10 Å². The minimum Gasteiger partial charge on any atom is -0.496 e. The van der Waals surface area contributed by atoms with E-state index >= 15 is 0 Å². The lowest BCUT2D eigenvalue weighted by atomic mass is 10.1. The zero-order valence-corrected chi connectivity index (χ0v) is 14.1. The van der Waals surface area contributed by atoms with Gasteiger partial charge in [0.15, 0.2) is 0 Å². The summed E-state index contributed by atoms with van der Waals surface area (Å²) in [5.74, 6) is -0.0786. The van der Waals surface area contributed by atoms with E-state index in [4.69, 9.17) is 16.3 Å². The molecule has 128 valence electrons. The molecule has 1 unspecified atom stereocenters. The van der Waals surface area contributed by atoms with Crippen LogP contribution in [0.5, 0.6) is 5.75 Å². The number of hydrogen-bond acceptors (Lipinski definition) is 3. The van der Waals surface area contributed by atoms with Crippen LogP contribution in [-0.4, -0.2) is 28.8 Å². The van der Waals surface area contributed by atoms with Crippen molar-refractivity contribution in [2.75, 3.05) is 7.11 Å². The van der Waals surface area contributed by atoms with Gasteiger partial charge in [0, 0.05) is 22.8 Å². The Bertz CT molecular complexity index is 728. The fourth-order valence-corrected chi connectivity index (χ4v) is 3.12. The molecule has 3 rings (SSSR count). The van der Waals surface area contributed by atoms with E-state index in [1.165, 1.54) is 13.3 Å². The molecule has 24 heavy (non-hydrogen) atoms. The van der Waals surface area contributed by atoms with Gasteiger partial charge >= 0.3 is 0 Å². The van der Waals surface area contributed by atoms with Gasteiger partial charge in [-0.15, -0.1) is 0 Å². The smallest absolute Gasteiger partial charge is 0.277 e. The number of aromatic nitrogens is 2. The number of halogens is 2. The summed E-state index contributed by atoms with van der Waals surface area (Å²) in [7, 11) is 1.54. The second-order valence-corrected chi connectivity index (χ2v) is 6.29. The summed E-state index contributed by atoms with van der Waals surface area (Å²) in [5.41, 5.74) is 1.14. The summed E-state index contributed by atoms with van der Waals surface area (Å²) in [4.78, 5) is 12.0. The molecule has 5 nitrogen and oxygen atoms in total. The van der Waals surface area contributed by atoms with E-state index in [1.807, 2.05) is 0 Å². The number of rotatable bonds is 5. The van der Waals surface area contributed by atoms with Gasteiger partial charge in [-0.25, -0.2) is 9.07 Å². The van der Waals surface area contributed by atoms with Gasteiger partial charge in [0.05, 0.1) is 12.8 Å². The molecule has 0 radical (unpaired) electrons. The molecule has 1 atom stereocenters. The molecule has 1 aliphatic carbocycles. The average Bonchev–Trinajstić information content (AvgIpc) is 3.25. The number of methoxy groups -OCH3 is 1. The Hall–Kier alpha value is -2.08. The van der Waals surface area contributed by atoms with Crippen LogP contribution >= 0.6 is 11.6 Å². The van der Waals surface area contributed by atoms with Crippen LogP contribution in [0.3, 0.4) is 0 Å². The number of alkyl halides is 1. The molecule has 2 aromatic rings. The lowest BCUT2D eigenvalue weighted by Gasteiger charge is -2.14. The predicted molar refractivity (Wildman–Crippen MR) is 89.8 cm³/mol. The van der Waals surface area contributed by atoms with Crippen molar-refractivity contribution in [3.63, 3.8) is 0 Å². The minimum absolute atomic E-state index is 0.0683. The third-order valence-corrected chi connectivity index (χ3v) is 4.43. The van der Waals surface area contributed by atoms with E-state index < -0.39 is 12.2 Å². The second kappa shape index (κ2) is 7.21. The lowest BCUT2D eigenvalue weighted by Crippen LogP contribution is -2.37. The van der Waals surface area contributed by atoms with Crippen LogP contribution in [0.2, 0.25) is 5.02 Å². The average molecular weight is 352 g/mol. The second-order valence-electron chi connectivity index (χ2n) is 5.85. The SMILES string of the molecule is COc1ccc(Cl)cc1-c1ccn(C(F)C(=O)NC2CCCC2)n1. The van der Waals surface area contributed by atoms with Crippen molar-refractivity contribution in [2.24, 2.45) is 0 Å². The van der Waals surface area contributed by atoms with Gasteiger partial charge in [-0.05, 0) is 37.1 Å². The van der Waals surface area contributed by atoms with Crippen LogP contribution in [-0.2, 0) is 4.79 Å². The molecule has 0 aliphatic heterocycles. The van der Waals surface area contributed by atoms with Crippen LogP contribution in [0.15, 0.2) is 30.5 Å². The Kier molecular flexibility index (Phi) is 5.04. The predicted octanol–water partition coefficient (Wildman–Crippen LogP) is 3.74. The summed E-state index contributed by atoms with van der Waals surface area (Å²) < 4.78 is 20.7. The fourth-order valence-electron chi connectivity index (χ4n) is 2.95. The molecule has 0 spiro atoms. The first-order chi connectivity index (χ1) is 11.6. The van der Waals surface area contributed by atoms with Crippen molar-refractivity contribution >= 4 is 17.5 Å². The van der Waals surface area contributed by atoms with Crippen LogP contribution in [0.25, 0.3) is 11.3 Å². The van der Waals surface area contributed by atoms with Crippen LogP contribution in [0.1, 0.15) is 32.0 Å². The molecule has 0 bridgehead atoms. The molecule has 1 aromatic heterocycles. The topological polar surface area (TPSA) is 56.1 Å². The molecule has 1 heterocycles. The van der Waals surface area contributed by atoms with Crippen molar-refractivity contribution in [1.29, 1.82) is 0 Å². The van der Waals surface area contributed by atoms with Crippen molar-refractivity contribution < 1.29 is 13.9 Å². The largest absolute Gasteiger partial charge is 0.496 e. The standard InChI is InChI=1S/C17H19ClFN3O2/c1-24-15-7-6-11(18)10-13(15)14-8-9-22(21-14)16(19)17(23)20-12-4-2-3-5-12/h6-10,12,16H,2-5H2,1H3,(H,20,23). The molecule has 7 heteroatoms. The Morgan fingerprint density at radius 3 is 2.88 bits per heavy atom. The molecular formula is C17H19ClFN3O2. The Morgan fingerprint density at radius 1 is 1.42 bits per heavy atom. The van der Waals surface area contributed by atoms with Crippen molar-refractivity contribution in [3.8, 4) is 17.0 Å². The monoisotopic (exact) mass is 351 g/mol. The lowest BCUT2D eigenvalue weighted by molar-refractivity contribution is -0.130. The highest BCUT2D eigenvalue weighted by molar-refractivity contribution is 6.30. The zero-order valence-electron chi connectivity index (χ0n) is 13.3. The van der Waals surface area contributed by atoms with Crippen LogP contribution in [0.4, 0.5) is 4.39 Å². The zero-order chi connectivity index (χ0) is 17.1. The maximum absolute atomic E-state index is 14.4. The Morgan fingerprint density at radius 2 is 2.17 bits per heavy atom. The van der Waals surface area contributed by atoms with Gasteiger partial charge < -0.3 is 10.1 Å². The normalized spacial score (nSPS) is 16.1. The third-order valence-electron chi connectivity index (χ3n) is 4.20. The van der Waals surface area contributed by atoms with Gasteiger partial charge in [-0.3, -0.25) is 4.79 Å². The number of carbonyl (C=O) groups is 1. The maximum atomic E-state index is 14.4.